The maximum Gasteiger partial charge on any atom is 0.00106 e. The third-order valence-electron chi connectivity index (χ3n) is 1.35. The van der Waals surface area contributed by atoms with E-state index in [4.69, 9.17) is 5.73 Å². The Kier molecular flexibility index (Phi) is 3.20. The Hall–Kier alpha value is -0.0400. The summed E-state index contributed by atoms with van der Waals surface area (Å²) in [6, 6.07) is 0.365. The fourth-order valence-electron chi connectivity index (χ4n) is 0.661. The maximum atomic E-state index is 5.60. The predicted molar refractivity (Wildman–Crippen MR) is 42.3 cm³/mol. The molecule has 0 aromatic heterocycles. The Labute approximate surface area is 58.6 Å². The van der Waals surface area contributed by atoms with E-state index in [0.29, 0.717) is 11.5 Å². The van der Waals surface area contributed by atoms with E-state index in [9.17, 15) is 0 Å². The predicted octanol–water partition coefficient (Wildman–Crippen LogP) is 2.16. The zero-order valence-electron chi connectivity index (χ0n) is 7.07. The van der Waals surface area contributed by atoms with Crippen molar-refractivity contribution in [2.45, 2.75) is 46.6 Å². The van der Waals surface area contributed by atoms with Gasteiger partial charge in [-0.25, -0.2) is 0 Å². The molecule has 0 unspecified atom stereocenters. The minimum atomic E-state index is 0.365. The fraction of sp³-hybridized carbons (Fsp3) is 1.00. The molecule has 0 fully saturated rings. The highest BCUT2D eigenvalue weighted by atomic mass is 14.6. The molecular formula is C8H19N. The van der Waals surface area contributed by atoms with Crippen molar-refractivity contribution in [1.82, 2.24) is 0 Å². The van der Waals surface area contributed by atoms with Gasteiger partial charge in [-0.15, -0.1) is 0 Å². The van der Waals surface area contributed by atoms with Crippen molar-refractivity contribution in [2.75, 3.05) is 0 Å². The SMILES string of the molecule is C[C@@H](N)CCC(C)(C)C. The molecule has 56 valence electrons. The van der Waals surface area contributed by atoms with Crippen molar-refractivity contribution in [3.63, 3.8) is 0 Å². The average molecular weight is 129 g/mol. The smallest absolute Gasteiger partial charge is 0.00106 e. The van der Waals surface area contributed by atoms with Crippen LogP contribution in [0.15, 0.2) is 0 Å². The van der Waals surface area contributed by atoms with Gasteiger partial charge in [0.15, 0.2) is 0 Å². The summed E-state index contributed by atoms with van der Waals surface area (Å²) >= 11 is 0. The van der Waals surface area contributed by atoms with Crippen molar-refractivity contribution in [3.8, 4) is 0 Å². The summed E-state index contributed by atoms with van der Waals surface area (Å²) in [4.78, 5) is 0. The Morgan fingerprint density at radius 1 is 1.33 bits per heavy atom. The number of hydrogen-bond donors (Lipinski definition) is 1. The van der Waals surface area contributed by atoms with Crippen molar-refractivity contribution >= 4 is 0 Å². The Morgan fingerprint density at radius 3 is 1.89 bits per heavy atom. The van der Waals surface area contributed by atoms with Gasteiger partial charge in [-0.1, -0.05) is 20.8 Å². The lowest BCUT2D eigenvalue weighted by Gasteiger charge is -2.18. The van der Waals surface area contributed by atoms with E-state index in [2.05, 4.69) is 27.7 Å². The molecule has 0 saturated carbocycles. The van der Waals surface area contributed by atoms with Crippen LogP contribution in [0.3, 0.4) is 0 Å². The molecule has 0 aliphatic heterocycles. The van der Waals surface area contributed by atoms with Gasteiger partial charge in [-0.05, 0) is 25.2 Å². The first-order chi connectivity index (χ1) is 3.92. The standard InChI is InChI=1S/C8H19N/c1-7(9)5-6-8(2,3)4/h7H,5-6,9H2,1-4H3/t7-/m1/s1. The Morgan fingerprint density at radius 2 is 1.78 bits per heavy atom. The van der Waals surface area contributed by atoms with Crippen LogP contribution in [0.25, 0.3) is 0 Å². The molecule has 0 bridgehead atoms. The lowest BCUT2D eigenvalue weighted by Crippen LogP contribution is -2.18. The molecule has 0 spiro atoms. The van der Waals surface area contributed by atoms with Crippen LogP contribution in [0.1, 0.15) is 40.5 Å². The van der Waals surface area contributed by atoms with Gasteiger partial charge >= 0.3 is 0 Å². The molecule has 0 saturated heterocycles. The maximum absolute atomic E-state index is 5.60. The largest absolute Gasteiger partial charge is 0.328 e. The lowest BCUT2D eigenvalue weighted by molar-refractivity contribution is 0.352. The first-order valence-electron chi connectivity index (χ1n) is 3.67. The quantitative estimate of drug-likeness (QED) is 0.607. The van der Waals surface area contributed by atoms with E-state index in [1.54, 1.807) is 0 Å². The van der Waals surface area contributed by atoms with E-state index in [1.165, 1.54) is 6.42 Å². The van der Waals surface area contributed by atoms with Crippen LogP contribution in [0.5, 0.6) is 0 Å². The van der Waals surface area contributed by atoms with E-state index in [-0.39, 0.29) is 0 Å². The normalized spacial score (nSPS) is 15.7. The summed E-state index contributed by atoms with van der Waals surface area (Å²) < 4.78 is 0. The molecule has 0 aliphatic carbocycles. The molecule has 9 heavy (non-hydrogen) atoms. The first-order valence-corrected chi connectivity index (χ1v) is 3.67. The minimum Gasteiger partial charge on any atom is -0.328 e. The number of rotatable bonds is 2. The van der Waals surface area contributed by atoms with E-state index >= 15 is 0 Å². The van der Waals surface area contributed by atoms with E-state index in [1.807, 2.05) is 0 Å². The van der Waals surface area contributed by atoms with Gasteiger partial charge < -0.3 is 5.73 Å². The first kappa shape index (κ1) is 8.96. The topological polar surface area (TPSA) is 26.0 Å². The highest BCUT2D eigenvalue weighted by molar-refractivity contribution is 4.64. The third-order valence-corrected chi connectivity index (χ3v) is 1.35. The molecule has 1 atom stereocenters. The zero-order valence-corrected chi connectivity index (χ0v) is 7.07. The van der Waals surface area contributed by atoms with Crippen LogP contribution in [0.4, 0.5) is 0 Å². The summed E-state index contributed by atoms with van der Waals surface area (Å²) in [5.74, 6) is 0. The monoisotopic (exact) mass is 129 g/mol. The van der Waals surface area contributed by atoms with Crippen molar-refractivity contribution in [3.05, 3.63) is 0 Å². The summed E-state index contributed by atoms with van der Waals surface area (Å²) in [5.41, 5.74) is 6.05. The zero-order chi connectivity index (χ0) is 7.49. The van der Waals surface area contributed by atoms with Crippen molar-refractivity contribution in [1.29, 1.82) is 0 Å². The lowest BCUT2D eigenvalue weighted by atomic mass is 9.89. The molecule has 0 radical (unpaired) electrons. The van der Waals surface area contributed by atoms with Crippen molar-refractivity contribution in [2.24, 2.45) is 11.1 Å². The molecular weight excluding hydrogens is 110 g/mol. The van der Waals surface area contributed by atoms with Crippen LogP contribution >= 0.6 is 0 Å². The summed E-state index contributed by atoms with van der Waals surface area (Å²) in [6.45, 7) is 8.80. The average Bonchev–Trinajstić information content (AvgIpc) is 1.59. The minimum absolute atomic E-state index is 0.365. The summed E-state index contributed by atoms with van der Waals surface area (Å²) in [6.07, 6.45) is 2.37. The molecule has 0 aromatic carbocycles. The van der Waals surface area contributed by atoms with Gasteiger partial charge in [-0.2, -0.15) is 0 Å². The molecule has 2 N–H and O–H groups in total. The van der Waals surface area contributed by atoms with Gasteiger partial charge in [0.2, 0.25) is 0 Å². The summed E-state index contributed by atoms with van der Waals surface area (Å²) in [7, 11) is 0. The Bertz CT molecular complexity index is 69.1. The summed E-state index contributed by atoms with van der Waals surface area (Å²) in [5, 5.41) is 0. The van der Waals surface area contributed by atoms with E-state index < -0.39 is 0 Å². The molecule has 0 heterocycles. The second kappa shape index (κ2) is 3.21. The van der Waals surface area contributed by atoms with Gasteiger partial charge in [0.05, 0.1) is 0 Å². The molecule has 1 nitrogen and oxygen atoms in total. The highest BCUT2D eigenvalue weighted by Gasteiger charge is 2.09. The van der Waals surface area contributed by atoms with Crippen LogP contribution < -0.4 is 5.73 Å². The van der Waals surface area contributed by atoms with Crippen LogP contribution in [0.2, 0.25) is 0 Å². The van der Waals surface area contributed by atoms with Crippen LogP contribution in [-0.4, -0.2) is 6.04 Å². The van der Waals surface area contributed by atoms with Gasteiger partial charge in [0.1, 0.15) is 0 Å². The van der Waals surface area contributed by atoms with E-state index in [0.717, 1.165) is 6.42 Å². The second-order valence-electron chi connectivity index (χ2n) is 4.08. The van der Waals surface area contributed by atoms with Gasteiger partial charge in [0, 0.05) is 6.04 Å². The molecule has 0 rings (SSSR count). The van der Waals surface area contributed by atoms with Gasteiger partial charge in [0.25, 0.3) is 0 Å². The van der Waals surface area contributed by atoms with Crippen molar-refractivity contribution < 1.29 is 0 Å². The molecule has 0 amide bonds. The van der Waals surface area contributed by atoms with Crippen LogP contribution in [0, 0.1) is 5.41 Å². The van der Waals surface area contributed by atoms with Gasteiger partial charge in [-0.3, -0.25) is 0 Å². The van der Waals surface area contributed by atoms with Crippen LogP contribution in [-0.2, 0) is 0 Å². The fourth-order valence-corrected chi connectivity index (χ4v) is 0.661. The second-order valence-corrected chi connectivity index (χ2v) is 4.08. The molecule has 0 aromatic rings. The Balaban J connectivity index is 3.28. The number of hydrogen-bond acceptors (Lipinski definition) is 1. The third kappa shape index (κ3) is 7.96. The number of nitrogens with two attached hydrogens (primary N) is 1. The molecule has 0 aliphatic rings. The molecule has 1 heteroatoms. The highest BCUT2D eigenvalue weighted by Crippen LogP contribution is 2.20.